The minimum atomic E-state index is 0.512. The van der Waals surface area contributed by atoms with Crippen molar-refractivity contribution < 1.29 is 4.74 Å². The first kappa shape index (κ1) is 13.1. The van der Waals surface area contributed by atoms with Gasteiger partial charge >= 0.3 is 0 Å². The predicted octanol–water partition coefficient (Wildman–Crippen LogP) is 4.42. The fraction of sp³-hybridized carbons (Fsp3) is 0. The van der Waals surface area contributed by atoms with Crippen LogP contribution >= 0.6 is 27.5 Å². The van der Waals surface area contributed by atoms with Gasteiger partial charge in [0.1, 0.15) is 11.3 Å². The summed E-state index contributed by atoms with van der Waals surface area (Å²) in [5.74, 6) is 1.15. The van der Waals surface area contributed by atoms with E-state index < -0.39 is 0 Å². The number of nitrogen functional groups attached to an aromatic ring is 1. The molecule has 0 bridgehead atoms. The number of aromatic nitrogens is 2. The normalized spacial score (nSPS) is 10.7. The lowest BCUT2D eigenvalue weighted by molar-refractivity contribution is 0.485. The molecule has 0 spiro atoms. The van der Waals surface area contributed by atoms with E-state index >= 15 is 0 Å². The van der Waals surface area contributed by atoms with E-state index in [9.17, 15) is 0 Å². The monoisotopic (exact) mass is 349 g/mol. The summed E-state index contributed by atoms with van der Waals surface area (Å²) in [4.78, 5) is 8.34. The van der Waals surface area contributed by atoms with Crippen LogP contribution in [-0.4, -0.2) is 9.97 Å². The highest BCUT2D eigenvalue weighted by molar-refractivity contribution is 9.10. The molecule has 4 nitrogen and oxygen atoms in total. The van der Waals surface area contributed by atoms with Crippen LogP contribution in [0.3, 0.4) is 0 Å². The number of benzene rings is 1. The highest BCUT2D eigenvalue weighted by Crippen LogP contribution is 2.33. The van der Waals surface area contributed by atoms with Crippen molar-refractivity contribution in [2.45, 2.75) is 0 Å². The molecule has 0 saturated heterocycles. The number of fused-ring (bicyclic) bond motifs is 1. The second kappa shape index (κ2) is 5.26. The van der Waals surface area contributed by atoms with Crippen LogP contribution in [0.1, 0.15) is 0 Å². The number of rotatable bonds is 2. The maximum Gasteiger partial charge on any atom is 0.153 e. The summed E-state index contributed by atoms with van der Waals surface area (Å²) in [7, 11) is 0. The molecule has 0 amide bonds. The number of nitrogens with zero attached hydrogens (tertiary/aromatic N) is 2. The van der Waals surface area contributed by atoms with Gasteiger partial charge in [0.25, 0.3) is 0 Å². The Morgan fingerprint density at radius 2 is 2.00 bits per heavy atom. The van der Waals surface area contributed by atoms with Crippen molar-refractivity contribution in [2.24, 2.45) is 0 Å². The number of ether oxygens (including phenoxy) is 1. The standard InChI is InChI=1S/C14H9BrClN3O/c15-8-3-11-12(17)1-2-13(14(11)19-5-8)20-10-4-9(16)6-18-7-10/h1-7H,17H2. The van der Waals surface area contributed by atoms with E-state index in [1.54, 1.807) is 36.8 Å². The highest BCUT2D eigenvalue weighted by atomic mass is 79.9. The molecular weight excluding hydrogens is 342 g/mol. The molecule has 2 heterocycles. The molecule has 0 fully saturated rings. The Balaban J connectivity index is 2.10. The molecule has 0 atom stereocenters. The third-order valence-corrected chi connectivity index (χ3v) is 3.36. The minimum absolute atomic E-state index is 0.512. The molecule has 0 saturated carbocycles. The van der Waals surface area contributed by atoms with E-state index in [1.165, 1.54) is 0 Å². The molecule has 0 aliphatic heterocycles. The molecule has 20 heavy (non-hydrogen) atoms. The molecule has 100 valence electrons. The van der Waals surface area contributed by atoms with Gasteiger partial charge in [-0.2, -0.15) is 0 Å². The first-order valence-corrected chi connectivity index (χ1v) is 6.93. The molecule has 0 unspecified atom stereocenters. The Labute approximate surface area is 128 Å². The summed E-state index contributed by atoms with van der Waals surface area (Å²) >= 11 is 9.27. The summed E-state index contributed by atoms with van der Waals surface area (Å²) in [5.41, 5.74) is 7.29. The van der Waals surface area contributed by atoms with Crippen molar-refractivity contribution in [1.29, 1.82) is 0 Å². The Hall–Kier alpha value is -1.85. The van der Waals surface area contributed by atoms with Gasteiger partial charge in [-0.05, 0) is 34.1 Å². The zero-order valence-electron chi connectivity index (χ0n) is 10.2. The number of anilines is 1. The quantitative estimate of drug-likeness (QED) is 0.695. The van der Waals surface area contributed by atoms with E-state index in [1.807, 2.05) is 6.07 Å². The third kappa shape index (κ3) is 2.55. The van der Waals surface area contributed by atoms with Gasteiger partial charge in [0.2, 0.25) is 0 Å². The lowest BCUT2D eigenvalue weighted by Gasteiger charge is -2.10. The van der Waals surface area contributed by atoms with Gasteiger partial charge in [-0.25, -0.2) is 0 Å². The number of halogens is 2. The molecule has 2 N–H and O–H groups in total. The molecule has 3 aromatic rings. The second-order valence-corrected chi connectivity index (χ2v) is 5.50. The number of hydrogen-bond donors (Lipinski definition) is 1. The van der Waals surface area contributed by atoms with Crippen molar-refractivity contribution in [3.05, 3.63) is 52.4 Å². The van der Waals surface area contributed by atoms with Crippen LogP contribution in [0.4, 0.5) is 5.69 Å². The lowest BCUT2D eigenvalue weighted by atomic mass is 10.1. The SMILES string of the molecule is Nc1ccc(Oc2cncc(Cl)c2)c2ncc(Br)cc12. The predicted molar refractivity (Wildman–Crippen MR) is 83.2 cm³/mol. The minimum Gasteiger partial charge on any atom is -0.453 e. The number of pyridine rings is 2. The topological polar surface area (TPSA) is 61.0 Å². The summed E-state index contributed by atoms with van der Waals surface area (Å²) in [6.07, 6.45) is 4.84. The molecule has 3 rings (SSSR count). The van der Waals surface area contributed by atoms with Crippen LogP contribution < -0.4 is 10.5 Å². The van der Waals surface area contributed by atoms with E-state index in [-0.39, 0.29) is 0 Å². The van der Waals surface area contributed by atoms with Crippen LogP contribution in [0.25, 0.3) is 10.9 Å². The molecule has 2 aromatic heterocycles. The summed E-state index contributed by atoms with van der Waals surface area (Å²) in [5, 5.41) is 1.34. The Kier molecular flexibility index (Phi) is 3.46. The average Bonchev–Trinajstić information content (AvgIpc) is 2.42. The van der Waals surface area contributed by atoms with Gasteiger partial charge < -0.3 is 10.5 Å². The lowest BCUT2D eigenvalue weighted by Crippen LogP contribution is -1.93. The second-order valence-electron chi connectivity index (χ2n) is 4.14. The third-order valence-electron chi connectivity index (χ3n) is 2.72. The maximum atomic E-state index is 5.96. The first-order valence-electron chi connectivity index (χ1n) is 5.75. The van der Waals surface area contributed by atoms with Gasteiger partial charge in [-0.1, -0.05) is 11.6 Å². The highest BCUT2D eigenvalue weighted by Gasteiger charge is 2.09. The van der Waals surface area contributed by atoms with Crippen molar-refractivity contribution >= 4 is 44.1 Å². The summed E-state index contributed by atoms with van der Waals surface area (Å²) < 4.78 is 6.65. The Morgan fingerprint density at radius 3 is 2.80 bits per heavy atom. The van der Waals surface area contributed by atoms with Crippen molar-refractivity contribution in [1.82, 2.24) is 9.97 Å². The van der Waals surface area contributed by atoms with Gasteiger partial charge in [-0.3, -0.25) is 9.97 Å². The molecule has 1 aromatic carbocycles. The molecule has 0 radical (unpaired) electrons. The summed E-state index contributed by atoms with van der Waals surface area (Å²) in [6.45, 7) is 0. The van der Waals surface area contributed by atoms with Gasteiger partial charge in [0, 0.05) is 34.0 Å². The van der Waals surface area contributed by atoms with E-state index in [2.05, 4.69) is 25.9 Å². The van der Waals surface area contributed by atoms with Crippen LogP contribution in [0.2, 0.25) is 5.02 Å². The Bertz CT molecular complexity index is 794. The van der Waals surface area contributed by atoms with Crippen LogP contribution in [0, 0.1) is 0 Å². The van der Waals surface area contributed by atoms with Crippen molar-refractivity contribution in [2.75, 3.05) is 5.73 Å². The molecule has 0 aliphatic carbocycles. The largest absolute Gasteiger partial charge is 0.453 e. The fourth-order valence-corrected chi connectivity index (χ4v) is 2.34. The van der Waals surface area contributed by atoms with E-state index in [4.69, 9.17) is 22.1 Å². The number of nitrogens with two attached hydrogens (primary N) is 1. The van der Waals surface area contributed by atoms with Crippen LogP contribution in [-0.2, 0) is 0 Å². The maximum absolute atomic E-state index is 5.96. The average molecular weight is 351 g/mol. The smallest absolute Gasteiger partial charge is 0.153 e. The van der Waals surface area contributed by atoms with E-state index in [0.717, 1.165) is 9.86 Å². The van der Waals surface area contributed by atoms with Gasteiger partial charge in [-0.15, -0.1) is 0 Å². The Morgan fingerprint density at radius 1 is 1.15 bits per heavy atom. The molecular formula is C14H9BrClN3O. The van der Waals surface area contributed by atoms with Crippen molar-refractivity contribution in [3.8, 4) is 11.5 Å². The van der Waals surface area contributed by atoms with Crippen LogP contribution in [0.5, 0.6) is 11.5 Å². The molecule has 6 heteroatoms. The fourth-order valence-electron chi connectivity index (χ4n) is 1.85. The van der Waals surface area contributed by atoms with E-state index in [0.29, 0.717) is 27.7 Å². The van der Waals surface area contributed by atoms with Crippen molar-refractivity contribution in [3.63, 3.8) is 0 Å². The first-order chi connectivity index (χ1) is 9.63. The zero-order chi connectivity index (χ0) is 14.1. The van der Waals surface area contributed by atoms with Crippen LogP contribution in [0.15, 0.2) is 47.3 Å². The van der Waals surface area contributed by atoms with Gasteiger partial charge in [0.05, 0.1) is 11.2 Å². The molecule has 0 aliphatic rings. The number of hydrogen-bond acceptors (Lipinski definition) is 4. The zero-order valence-corrected chi connectivity index (χ0v) is 12.5. The summed E-state index contributed by atoms with van der Waals surface area (Å²) in [6, 6.07) is 7.15. The van der Waals surface area contributed by atoms with Gasteiger partial charge in [0.15, 0.2) is 5.75 Å².